The van der Waals surface area contributed by atoms with Crippen molar-refractivity contribution in [3.05, 3.63) is 36.2 Å². The summed E-state index contributed by atoms with van der Waals surface area (Å²) in [7, 11) is 1.78. The fourth-order valence-electron chi connectivity index (χ4n) is 9.39. The second-order valence-corrected chi connectivity index (χ2v) is 19.9. The molecule has 5 rings (SSSR count). The number of ketones is 1. The molecule has 3 aliphatic carbocycles. The van der Waals surface area contributed by atoms with E-state index in [-0.39, 0.29) is 48.1 Å². The van der Waals surface area contributed by atoms with Crippen LogP contribution in [-0.2, 0) is 24.6 Å². The first-order valence-electron chi connectivity index (χ1n) is 20.4. The van der Waals surface area contributed by atoms with Gasteiger partial charge in [0, 0.05) is 32.2 Å². The van der Waals surface area contributed by atoms with Crippen molar-refractivity contribution in [3.8, 4) is 0 Å². The Kier molecular flexibility index (Phi) is 12.9. The molecule has 1 aromatic carbocycles. The Bertz CT molecular complexity index is 1800. The van der Waals surface area contributed by atoms with Crippen LogP contribution < -0.4 is 37.0 Å². The van der Waals surface area contributed by atoms with Gasteiger partial charge in [0.05, 0.1) is 17.8 Å². The van der Waals surface area contributed by atoms with E-state index in [1.165, 1.54) is 0 Å². The van der Waals surface area contributed by atoms with Crippen LogP contribution in [0.5, 0.6) is 0 Å². The summed E-state index contributed by atoms with van der Waals surface area (Å²) in [4.78, 5) is 98.1. The lowest BCUT2D eigenvalue weighted by Crippen LogP contribution is -2.63. The van der Waals surface area contributed by atoms with Gasteiger partial charge in [0.15, 0.2) is 0 Å². The van der Waals surface area contributed by atoms with Gasteiger partial charge in [-0.15, -0.1) is 0 Å². The first-order valence-corrected chi connectivity index (χ1v) is 21.7. The number of fused-ring (bicyclic) bond motifs is 1. The molecule has 1 heterocycles. The Balaban J connectivity index is 1.37. The number of halogens is 1. The van der Waals surface area contributed by atoms with Crippen LogP contribution in [0.4, 0.5) is 10.5 Å². The van der Waals surface area contributed by atoms with E-state index >= 15 is 0 Å². The van der Waals surface area contributed by atoms with Gasteiger partial charge in [-0.1, -0.05) is 110 Å². The minimum absolute atomic E-state index is 0.0681. The Hall–Kier alpha value is -3.30. The van der Waals surface area contributed by atoms with Crippen LogP contribution in [0, 0.1) is 28.1 Å². The molecule has 4 fully saturated rings. The molecule has 4 N–H and O–H groups in total. The van der Waals surface area contributed by atoms with Gasteiger partial charge in [0.2, 0.25) is 28.5 Å². The van der Waals surface area contributed by atoms with E-state index < -0.39 is 69.5 Å². The summed E-state index contributed by atoms with van der Waals surface area (Å²) in [6.45, 7) is 16.9. The van der Waals surface area contributed by atoms with Crippen LogP contribution in [-0.4, -0.2) is 85.3 Å². The molecule has 56 heavy (non-hydrogen) atoms. The van der Waals surface area contributed by atoms with E-state index in [1.54, 1.807) is 27.0 Å². The lowest BCUT2D eigenvalue weighted by atomic mass is 9.70. The van der Waals surface area contributed by atoms with Gasteiger partial charge in [-0.05, 0) is 69.7 Å². The molecule has 1 aliphatic heterocycles. The first kappa shape index (κ1) is 43.8. The number of piperidine rings is 1. The summed E-state index contributed by atoms with van der Waals surface area (Å²) >= 11 is 2.02. The molecule has 1 saturated heterocycles. The maximum atomic E-state index is 15.0. The highest BCUT2D eigenvalue weighted by atomic mass is 127. The van der Waals surface area contributed by atoms with E-state index in [0.717, 1.165) is 44.9 Å². The van der Waals surface area contributed by atoms with Gasteiger partial charge in [-0.25, -0.2) is 4.79 Å². The third-order valence-electron chi connectivity index (χ3n) is 13.6. The number of carbonyl (C=O) groups is 5. The van der Waals surface area contributed by atoms with Crippen LogP contribution >= 0.6 is 22.6 Å². The summed E-state index contributed by atoms with van der Waals surface area (Å²) in [5.74, 6) is -2.36. The van der Waals surface area contributed by atoms with E-state index in [9.17, 15) is 33.6 Å². The number of likely N-dealkylation sites (tertiary alicyclic amines) is 1. The predicted octanol–water partition coefficient (Wildman–Crippen LogP) is 4.23. The van der Waals surface area contributed by atoms with E-state index in [1.807, 2.05) is 64.1 Å². The number of nitrogens with one attached hydrogen (secondary N) is 4. The number of Topliss-reactive ketones (excluding diaryl/α,β-unsaturated/α-hetero) is 1. The number of urea groups is 1. The monoisotopic (exact) mass is 890 g/mol. The number of amides is 5. The van der Waals surface area contributed by atoms with Gasteiger partial charge < -0.3 is 31.1 Å². The zero-order valence-corrected chi connectivity index (χ0v) is 36.9. The SMILES string of the molecule is CCCC(NC(=O)[C@@H]1[C@@H]2[C@H](CN1C(=O)[C@@H](NC(=O)N[C@H](CN(C)c1c(C3(C)CC3)c(=O)c1=O)C(C)(C)C)C1(C)CCCCC1)C2(C)C)C(=O)C(=O)NC/C=C/I. The number of anilines is 1. The van der Waals surface area contributed by atoms with Crippen molar-refractivity contribution in [1.29, 1.82) is 0 Å². The third-order valence-corrected chi connectivity index (χ3v) is 14.1. The number of nitrogens with zero attached hydrogens (tertiary/aromatic N) is 2. The quantitative estimate of drug-likeness (QED) is 0.141. The molecule has 5 amide bonds. The number of rotatable bonds is 16. The van der Waals surface area contributed by atoms with E-state index in [0.29, 0.717) is 24.2 Å². The minimum Gasteiger partial charge on any atom is -0.369 e. The molecule has 0 bridgehead atoms. The summed E-state index contributed by atoms with van der Waals surface area (Å²) in [6.07, 6.45) is 8.53. The Morgan fingerprint density at radius 1 is 0.946 bits per heavy atom. The summed E-state index contributed by atoms with van der Waals surface area (Å²) in [5, 5.41) is 11.7. The molecule has 310 valence electrons. The van der Waals surface area contributed by atoms with Gasteiger partial charge in [0.1, 0.15) is 12.1 Å². The van der Waals surface area contributed by atoms with Crippen LogP contribution in [0.15, 0.2) is 19.7 Å². The van der Waals surface area contributed by atoms with Crippen LogP contribution in [0.3, 0.4) is 0 Å². The number of hydrogen-bond acceptors (Lipinski definition) is 8. The van der Waals surface area contributed by atoms with Crippen molar-refractivity contribution >= 4 is 57.8 Å². The average Bonchev–Trinajstić information content (AvgIpc) is 3.91. The lowest BCUT2D eigenvalue weighted by molar-refractivity contribution is -0.146. The largest absolute Gasteiger partial charge is 0.369 e. The highest BCUT2D eigenvalue weighted by Crippen LogP contribution is 2.65. The van der Waals surface area contributed by atoms with E-state index in [2.05, 4.69) is 35.1 Å². The Morgan fingerprint density at radius 2 is 1.59 bits per heavy atom. The standard InChI is InChI=1S/C42H63IN6O7/c1-10-15-25(31(50)36(54)44-21-14-20-43)45-35(53)30-27-24(40(27,5)6)22-49(30)37(55)34(42(8)16-12-11-13-17-42)47-38(56)46-26(39(2,3)4)23-48(9)29-28(32(51)33(29)52)41(7)18-19-41/h14,20,24-27,30,34H,10-13,15-19,21-23H2,1-9H3,(H,44,54)(H,45,53)(H2,46,47,56)/b20-14+/t24-,25?,26+,27-,30-,34+/m0/s1. The minimum atomic E-state index is -1.04. The molecule has 6 atom stereocenters. The number of carbonyl (C=O) groups excluding carboxylic acids is 5. The van der Waals surface area contributed by atoms with Crippen molar-refractivity contribution in [2.75, 3.05) is 31.6 Å². The summed E-state index contributed by atoms with van der Waals surface area (Å²) in [6, 6.07) is -3.83. The van der Waals surface area contributed by atoms with Gasteiger partial charge in [0.25, 0.3) is 5.91 Å². The molecular weight excluding hydrogens is 827 g/mol. The topological polar surface area (TPSA) is 174 Å². The van der Waals surface area contributed by atoms with Gasteiger partial charge in [-0.3, -0.25) is 28.8 Å². The molecule has 0 aromatic heterocycles. The molecule has 1 aromatic rings. The predicted molar refractivity (Wildman–Crippen MR) is 225 cm³/mol. The van der Waals surface area contributed by atoms with Crippen LogP contribution in [0.2, 0.25) is 0 Å². The van der Waals surface area contributed by atoms with Crippen LogP contribution in [0.1, 0.15) is 119 Å². The number of likely N-dealkylation sites (N-methyl/N-ethyl adjacent to an activating group) is 1. The van der Waals surface area contributed by atoms with E-state index in [4.69, 9.17) is 0 Å². The van der Waals surface area contributed by atoms with Crippen molar-refractivity contribution in [2.45, 2.75) is 143 Å². The highest BCUT2D eigenvalue weighted by Gasteiger charge is 2.70. The molecule has 0 radical (unpaired) electrons. The Labute approximate surface area is 345 Å². The fraction of sp³-hybridized carbons (Fsp3) is 0.738. The molecule has 3 saturated carbocycles. The van der Waals surface area contributed by atoms with Crippen molar-refractivity contribution in [1.82, 2.24) is 26.2 Å². The van der Waals surface area contributed by atoms with Crippen molar-refractivity contribution in [3.63, 3.8) is 0 Å². The maximum Gasteiger partial charge on any atom is 0.315 e. The highest BCUT2D eigenvalue weighted by molar-refractivity contribution is 14.1. The second kappa shape index (κ2) is 16.5. The zero-order chi connectivity index (χ0) is 41.5. The first-order chi connectivity index (χ1) is 26.1. The molecule has 4 aliphatic rings. The summed E-state index contributed by atoms with van der Waals surface area (Å²) < 4.78 is 1.74. The van der Waals surface area contributed by atoms with Crippen LogP contribution in [0.25, 0.3) is 0 Å². The third kappa shape index (κ3) is 8.74. The lowest BCUT2D eigenvalue weighted by Gasteiger charge is -2.43. The molecule has 0 spiro atoms. The maximum absolute atomic E-state index is 15.0. The number of hydrogen-bond donors (Lipinski definition) is 4. The zero-order valence-electron chi connectivity index (χ0n) is 34.7. The normalized spacial score (nSPS) is 24.8. The molecule has 14 heteroatoms. The molecular formula is C42H63IN6O7. The van der Waals surface area contributed by atoms with Gasteiger partial charge >= 0.3 is 6.03 Å². The molecule has 13 nitrogen and oxygen atoms in total. The molecule has 1 unspecified atom stereocenters. The Morgan fingerprint density at radius 3 is 2.16 bits per heavy atom. The second-order valence-electron chi connectivity index (χ2n) is 19.2. The summed E-state index contributed by atoms with van der Waals surface area (Å²) in [5.41, 5.74) is -1.41. The van der Waals surface area contributed by atoms with Crippen molar-refractivity contribution in [2.24, 2.45) is 28.1 Å². The average molecular weight is 891 g/mol. The van der Waals surface area contributed by atoms with Gasteiger partial charge in [-0.2, -0.15) is 0 Å². The fourth-order valence-corrected chi connectivity index (χ4v) is 9.65. The smallest absolute Gasteiger partial charge is 0.315 e. The van der Waals surface area contributed by atoms with Crippen molar-refractivity contribution < 1.29 is 24.0 Å².